The molecular weight excluding hydrogens is 344 g/mol. The monoisotopic (exact) mass is 356 g/mol. The Morgan fingerprint density at radius 3 is 2.75 bits per heavy atom. The number of hydrogen-bond donors (Lipinski definition) is 0. The summed E-state index contributed by atoms with van der Waals surface area (Å²) in [6, 6.07) is 7.28. The van der Waals surface area contributed by atoms with Gasteiger partial charge in [-0.15, -0.1) is 0 Å². The highest BCUT2D eigenvalue weighted by Crippen LogP contribution is 2.26. The van der Waals surface area contributed by atoms with Crippen LogP contribution in [-0.4, -0.2) is 16.6 Å². The SMILES string of the molecule is CCOCc1nc(Cl)cc(Oc2ccc(Br)c(C)c2)n1. The molecule has 0 saturated heterocycles. The molecule has 6 heteroatoms. The van der Waals surface area contributed by atoms with Crippen LogP contribution < -0.4 is 4.74 Å². The lowest BCUT2D eigenvalue weighted by Crippen LogP contribution is -2.01. The number of nitrogens with zero attached hydrogens (tertiary/aromatic N) is 2. The molecule has 0 N–H and O–H groups in total. The molecule has 20 heavy (non-hydrogen) atoms. The van der Waals surface area contributed by atoms with Crippen molar-refractivity contribution in [2.75, 3.05) is 6.61 Å². The van der Waals surface area contributed by atoms with E-state index >= 15 is 0 Å². The Kier molecular flexibility index (Phi) is 5.34. The fraction of sp³-hybridized carbons (Fsp3) is 0.286. The van der Waals surface area contributed by atoms with Crippen LogP contribution in [0.1, 0.15) is 18.3 Å². The maximum absolute atomic E-state index is 5.96. The van der Waals surface area contributed by atoms with Crippen LogP contribution in [0.15, 0.2) is 28.7 Å². The minimum absolute atomic E-state index is 0.312. The summed E-state index contributed by atoms with van der Waals surface area (Å²) in [6.45, 7) is 4.81. The molecule has 1 aromatic carbocycles. The minimum Gasteiger partial charge on any atom is -0.439 e. The maximum Gasteiger partial charge on any atom is 0.224 e. The predicted octanol–water partition coefficient (Wildman–Crippen LogP) is 4.53. The number of ether oxygens (including phenoxy) is 2. The zero-order valence-corrected chi connectivity index (χ0v) is 13.5. The van der Waals surface area contributed by atoms with Crippen molar-refractivity contribution in [3.63, 3.8) is 0 Å². The van der Waals surface area contributed by atoms with E-state index in [0.717, 1.165) is 10.0 Å². The minimum atomic E-state index is 0.312. The molecule has 0 aliphatic rings. The second kappa shape index (κ2) is 7.02. The average molecular weight is 358 g/mol. The molecule has 0 aliphatic carbocycles. The van der Waals surface area contributed by atoms with Crippen LogP contribution in [0.3, 0.4) is 0 Å². The summed E-state index contributed by atoms with van der Waals surface area (Å²) in [5.74, 6) is 1.60. The summed E-state index contributed by atoms with van der Waals surface area (Å²) in [4.78, 5) is 8.35. The molecule has 2 rings (SSSR count). The van der Waals surface area contributed by atoms with Crippen molar-refractivity contribution in [1.29, 1.82) is 0 Å². The third-order valence-corrected chi connectivity index (χ3v) is 3.59. The number of rotatable bonds is 5. The maximum atomic E-state index is 5.96. The summed E-state index contributed by atoms with van der Waals surface area (Å²) >= 11 is 9.41. The van der Waals surface area contributed by atoms with Gasteiger partial charge in [0.25, 0.3) is 0 Å². The van der Waals surface area contributed by atoms with Crippen LogP contribution in [0.4, 0.5) is 0 Å². The van der Waals surface area contributed by atoms with E-state index in [1.54, 1.807) is 6.07 Å². The number of aryl methyl sites for hydroxylation is 1. The van der Waals surface area contributed by atoms with Gasteiger partial charge >= 0.3 is 0 Å². The zero-order chi connectivity index (χ0) is 14.5. The van der Waals surface area contributed by atoms with Crippen molar-refractivity contribution < 1.29 is 9.47 Å². The lowest BCUT2D eigenvalue weighted by Gasteiger charge is -2.08. The number of hydrogen-bond acceptors (Lipinski definition) is 4. The molecule has 0 atom stereocenters. The molecule has 1 heterocycles. The zero-order valence-electron chi connectivity index (χ0n) is 11.2. The molecule has 2 aromatic rings. The van der Waals surface area contributed by atoms with E-state index in [9.17, 15) is 0 Å². The van der Waals surface area contributed by atoms with Gasteiger partial charge in [-0.1, -0.05) is 27.5 Å². The fourth-order valence-corrected chi connectivity index (χ4v) is 1.99. The van der Waals surface area contributed by atoms with E-state index in [1.165, 1.54) is 0 Å². The molecule has 0 fully saturated rings. The number of aromatic nitrogens is 2. The van der Waals surface area contributed by atoms with Crippen molar-refractivity contribution in [1.82, 2.24) is 9.97 Å². The second-order valence-corrected chi connectivity index (χ2v) is 5.34. The van der Waals surface area contributed by atoms with Gasteiger partial charge in [-0.25, -0.2) is 4.98 Å². The third kappa shape index (κ3) is 4.16. The molecule has 0 aliphatic heterocycles. The summed E-state index contributed by atoms with van der Waals surface area (Å²) in [5, 5.41) is 0.332. The highest BCUT2D eigenvalue weighted by atomic mass is 79.9. The van der Waals surface area contributed by atoms with E-state index < -0.39 is 0 Å². The quantitative estimate of drug-likeness (QED) is 0.737. The van der Waals surface area contributed by atoms with Crippen molar-refractivity contribution in [2.24, 2.45) is 0 Å². The Balaban J connectivity index is 2.19. The van der Waals surface area contributed by atoms with Crippen molar-refractivity contribution in [3.8, 4) is 11.6 Å². The first-order valence-corrected chi connectivity index (χ1v) is 7.30. The topological polar surface area (TPSA) is 44.2 Å². The van der Waals surface area contributed by atoms with Gasteiger partial charge in [0.15, 0.2) is 5.82 Å². The van der Waals surface area contributed by atoms with Gasteiger partial charge in [0, 0.05) is 17.1 Å². The van der Waals surface area contributed by atoms with Gasteiger partial charge in [0.1, 0.15) is 17.5 Å². The number of benzene rings is 1. The first-order chi connectivity index (χ1) is 9.58. The van der Waals surface area contributed by atoms with Crippen LogP contribution >= 0.6 is 27.5 Å². The van der Waals surface area contributed by atoms with E-state index in [4.69, 9.17) is 21.1 Å². The van der Waals surface area contributed by atoms with E-state index in [1.807, 2.05) is 32.0 Å². The molecule has 0 bridgehead atoms. The first-order valence-electron chi connectivity index (χ1n) is 6.13. The first kappa shape index (κ1) is 15.2. The summed E-state index contributed by atoms with van der Waals surface area (Å²) in [6.07, 6.45) is 0. The van der Waals surface area contributed by atoms with Crippen LogP contribution in [0.2, 0.25) is 5.15 Å². The second-order valence-electron chi connectivity index (χ2n) is 4.10. The lowest BCUT2D eigenvalue weighted by atomic mass is 10.2. The fourth-order valence-electron chi connectivity index (χ4n) is 1.55. The predicted molar refractivity (Wildman–Crippen MR) is 81.3 cm³/mol. The Hall–Kier alpha value is -1.17. The smallest absolute Gasteiger partial charge is 0.224 e. The van der Waals surface area contributed by atoms with Gasteiger partial charge < -0.3 is 9.47 Å². The molecule has 0 spiro atoms. The highest BCUT2D eigenvalue weighted by Gasteiger charge is 2.06. The molecule has 0 radical (unpaired) electrons. The molecule has 4 nitrogen and oxygen atoms in total. The van der Waals surface area contributed by atoms with Gasteiger partial charge in [0.2, 0.25) is 5.88 Å². The van der Waals surface area contributed by atoms with Gasteiger partial charge in [-0.2, -0.15) is 4.98 Å². The summed E-state index contributed by atoms with van der Waals surface area (Å²) < 4.78 is 12.0. The Morgan fingerprint density at radius 2 is 2.05 bits per heavy atom. The highest BCUT2D eigenvalue weighted by molar-refractivity contribution is 9.10. The molecule has 1 aromatic heterocycles. The molecule has 0 saturated carbocycles. The van der Waals surface area contributed by atoms with Gasteiger partial charge in [-0.05, 0) is 37.6 Å². The number of halogens is 2. The van der Waals surface area contributed by atoms with Crippen LogP contribution in [0.5, 0.6) is 11.6 Å². The molecule has 106 valence electrons. The summed E-state index contributed by atoms with van der Waals surface area (Å²) in [7, 11) is 0. The molecule has 0 unspecified atom stereocenters. The Bertz CT molecular complexity index is 608. The lowest BCUT2D eigenvalue weighted by molar-refractivity contribution is 0.128. The standard InChI is InChI=1S/C14H14BrClN2O2/c1-3-19-8-13-17-12(16)7-14(18-13)20-10-4-5-11(15)9(2)6-10/h4-7H,3,8H2,1-2H3. The van der Waals surface area contributed by atoms with Crippen molar-refractivity contribution in [3.05, 3.63) is 45.3 Å². The van der Waals surface area contributed by atoms with Gasteiger partial charge in [0.05, 0.1) is 0 Å². The van der Waals surface area contributed by atoms with Crippen LogP contribution in [0, 0.1) is 6.92 Å². The molecular formula is C14H14BrClN2O2. The normalized spacial score (nSPS) is 10.6. The van der Waals surface area contributed by atoms with Crippen molar-refractivity contribution >= 4 is 27.5 Å². The summed E-state index contributed by atoms with van der Waals surface area (Å²) in [5.41, 5.74) is 1.08. The van der Waals surface area contributed by atoms with Gasteiger partial charge in [-0.3, -0.25) is 0 Å². The van der Waals surface area contributed by atoms with Crippen LogP contribution in [-0.2, 0) is 11.3 Å². The van der Waals surface area contributed by atoms with E-state index in [-0.39, 0.29) is 0 Å². The largest absolute Gasteiger partial charge is 0.439 e. The molecule has 0 amide bonds. The third-order valence-electron chi connectivity index (χ3n) is 2.50. The van der Waals surface area contributed by atoms with E-state index in [2.05, 4.69) is 25.9 Å². The van der Waals surface area contributed by atoms with E-state index in [0.29, 0.717) is 35.8 Å². The Labute approximate surface area is 131 Å². The van der Waals surface area contributed by atoms with Crippen LogP contribution in [0.25, 0.3) is 0 Å². The van der Waals surface area contributed by atoms with Crippen molar-refractivity contribution in [2.45, 2.75) is 20.5 Å². The average Bonchev–Trinajstić information content (AvgIpc) is 2.40. The Morgan fingerprint density at radius 1 is 1.25 bits per heavy atom.